The van der Waals surface area contributed by atoms with E-state index in [1.165, 1.54) is 28.9 Å². The molecule has 1 atom stereocenters. The number of benzene rings is 1. The summed E-state index contributed by atoms with van der Waals surface area (Å²) in [4.78, 5) is 0. The molecule has 1 aromatic rings. The van der Waals surface area contributed by atoms with E-state index in [1.807, 2.05) is 0 Å². The highest BCUT2D eigenvalue weighted by atomic mass is 16.5. The van der Waals surface area contributed by atoms with Crippen molar-refractivity contribution in [1.29, 1.82) is 0 Å². The van der Waals surface area contributed by atoms with Gasteiger partial charge in [-0.25, -0.2) is 0 Å². The van der Waals surface area contributed by atoms with Crippen molar-refractivity contribution in [3.8, 4) is 11.5 Å². The molecule has 0 radical (unpaired) electrons. The van der Waals surface area contributed by atoms with Gasteiger partial charge in [0.25, 0.3) is 0 Å². The molecule has 1 aromatic carbocycles. The maximum atomic E-state index is 9.93. The highest BCUT2D eigenvalue weighted by Gasteiger charge is 2.24. The molecule has 1 aliphatic rings. The van der Waals surface area contributed by atoms with Crippen LogP contribution < -0.4 is 0 Å². The van der Waals surface area contributed by atoms with Gasteiger partial charge in [0.2, 0.25) is 0 Å². The zero-order chi connectivity index (χ0) is 17.5. The fourth-order valence-corrected chi connectivity index (χ4v) is 2.82. The number of phenolic OH excluding ortho intramolecular Hbond substituents is 2. The van der Waals surface area contributed by atoms with Gasteiger partial charge in [-0.15, -0.1) is 0 Å². The Hall–Kier alpha value is -2.00. The van der Waals surface area contributed by atoms with Crippen molar-refractivity contribution < 1.29 is 14.9 Å². The molecule has 0 bridgehead atoms. The molecule has 0 aliphatic carbocycles. The molecule has 1 saturated heterocycles. The van der Waals surface area contributed by atoms with Gasteiger partial charge in [-0.05, 0) is 63.8 Å². The van der Waals surface area contributed by atoms with Crippen molar-refractivity contribution in [1.82, 2.24) is 0 Å². The first-order chi connectivity index (χ1) is 11.5. The molecule has 3 heteroatoms. The van der Waals surface area contributed by atoms with Crippen molar-refractivity contribution in [2.75, 3.05) is 6.61 Å². The van der Waals surface area contributed by atoms with Gasteiger partial charge in [0.15, 0.2) is 0 Å². The van der Waals surface area contributed by atoms with Crippen molar-refractivity contribution in [3.63, 3.8) is 0 Å². The standard InChI is InChI=1S/C21H28O3/c1-15(2)6-4-7-16(3)8-5-9-17-12-21(24-14-17)19-13-18(22)10-11-20(19)23/h6,8-11,13,21-23H,4-5,7,12,14H2,1-3H3/b16-8+,17-9-. The third kappa shape index (κ3) is 5.57. The Kier molecular flexibility index (Phi) is 6.68. The topological polar surface area (TPSA) is 49.7 Å². The van der Waals surface area contributed by atoms with Gasteiger partial charge in [0.05, 0.1) is 12.7 Å². The smallest absolute Gasteiger partial charge is 0.121 e. The highest BCUT2D eigenvalue weighted by Crippen LogP contribution is 2.38. The Balaban J connectivity index is 1.87. The minimum Gasteiger partial charge on any atom is -0.508 e. The molecule has 24 heavy (non-hydrogen) atoms. The summed E-state index contributed by atoms with van der Waals surface area (Å²) < 4.78 is 5.77. The van der Waals surface area contributed by atoms with Crippen LogP contribution in [0.5, 0.6) is 11.5 Å². The van der Waals surface area contributed by atoms with Crippen LogP contribution in [0.3, 0.4) is 0 Å². The molecular formula is C21H28O3. The maximum Gasteiger partial charge on any atom is 0.121 e. The van der Waals surface area contributed by atoms with Crippen LogP contribution in [0.1, 0.15) is 58.1 Å². The minimum atomic E-state index is -0.175. The molecular weight excluding hydrogens is 300 g/mol. The Morgan fingerprint density at radius 3 is 2.75 bits per heavy atom. The van der Waals surface area contributed by atoms with Gasteiger partial charge in [-0.2, -0.15) is 0 Å². The van der Waals surface area contributed by atoms with Crippen molar-refractivity contribution in [3.05, 3.63) is 58.7 Å². The van der Waals surface area contributed by atoms with Crippen LogP contribution in [0.4, 0.5) is 0 Å². The summed E-state index contributed by atoms with van der Waals surface area (Å²) in [6.45, 7) is 7.02. The molecule has 0 amide bonds. The summed E-state index contributed by atoms with van der Waals surface area (Å²) in [5.74, 6) is 0.327. The zero-order valence-corrected chi connectivity index (χ0v) is 14.9. The molecule has 1 fully saturated rings. The van der Waals surface area contributed by atoms with Gasteiger partial charge in [0.1, 0.15) is 11.5 Å². The second-order valence-electron chi connectivity index (χ2n) is 6.72. The summed E-state index contributed by atoms with van der Waals surface area (Å²) in [5.41, 5.74) is 4.68. The van der Waals surface area contributed by atoms with Gasteiger partial charge in [-0.3, -0.25) is 0 Å². The van der Waals surface area contributed by atoms with E-state index in [4.69, 9.17) is 4.74 Å². The Labute approximate surface area is 145 Å². The largest absolute Gasteiger partial charge is 0.508 e. The van der Waals surface area contributed by atoms with E-state index in [0.717, 1.165) is 25.7 Å². The summed E-state index contributed by atoms with van der Waals surface area (Å²) >= 11 is 0. The molecule has 0 saturated carbocycles. The second kappa shape index (κ2) is 8.74. The Bertz CT molecular complexity index is 649. The predicted molar refractivity (Wildman–Crippen MR) is 98.2 cm³/mol. The summed E-state index contributed by atoms with van der Waals surface area (Å²) in [6.07, 6.45) is 10.5. The second-order valence-corrected chi connectivity index (χ2v) is 6.72. The van der Waals surface area contributed by atoms with E-state index >= 15 is 0 Å². The van der Waals surface area contributed by atoms with Crippen LogP contribution in [-0.4, -0.2) is 16.8 Å². The monoisotopic (exact) mass is 328 g/mol. The fourth-order valence-electron chi connectivity index (χ4n) is 2.82. The van der Waals surface area contributed by atoms with Crippen LogP contribution in [-0.2, 0) is 4.74 Å². The normalized spacial score (nSPS) is 19.7. The van der Waals surface area contributed by atoms with Crippen molar-refractivity contribution >= 4 is 0 Å². The first-order valence-electron chi connectivity index (χ1n) is 8.56. The number of phenols is 2. The van der Waals surface area contributed by atoms with Crippen LogP contribution >= 0.6 is 0 Å². The van der Waals surface area contributed by atoms with Gasteiger partial charge >= 0.3 is 0 Å². The van der Waals surface area contributed by atoms with Crippen LogP contribution in [0.2, 0.25) is 0 Å². The lowest BCUT2D eigenvalue weighted by Crippen LogP contribution is -1.95. The highest BCUT2D eigenvalue weighted by molar-refractivity contribution is 5.41. The minimum absolute atomic E-state index is 0.152. The quantitative estimate of drug-likeness (QED) is 0.530. The number of allylic oxidation sites excluding steroid dienone is 5. The van der Waals surface area contributed by atoms with E-state index in [1.54, 1.807) is 6.07 Å². The third-order valence-corrected chi connectivity index (χ3v) is 4.24. The number of hydrogen-bond acceptors (Lipinski definition) is 3. The van der Waals surface area contributed by atoms with Gasteiger partial charge in [0, 0.05) is 12.0 Å². The van der Waals surface area contributed by atoms with E-state index in [2.05, 4.69) is 39.0 Å². The molecule has 1 aliphatic heterocycles. The molecule has 0 spiro atoms. The average molecular weight is 328 g/mol. The van der Waals surface area contributed by atoms with E-state index in [-0.39, 0.29) is 17.6 Å². The third-order valence-electron chi connectivity index (χ3n) is 4.24. The number of ether oxygens (including phenoxy) is 1. The zero-order valence-electron chi connectivity index (χ0n) is 14.9. The number of rotatable bonds is 6. The average Bonchev–Trinajstić information content (AvgIpc) is 2.98. The fraction of sp³-hybridized carbons (Fsp3) is 0.429. The Morgan fingerprint density at radius 2 is 2.00 bits per heavy atom. The van der Waals surface area contributed by atoms with Crippen LogP contribution in [0, 0.1) is 0 Å². The lowest BCUT2D eigenvalue weighted by molar-refractivity contribution is 0.112. The van der Waals surface area contributed by atoms with Gasteiger partial charge < -0.3 is 14.9 Å². The molecule has 130 valence electrons. The molecule has 2 N–H and O–H groups in total. The molecule has 3 nitrogen and oxygen atoms in total. The van der Waals surface area contributed by atoms with E-state index < -0.39 is 0 Å². The first kappa shape index (κ1) is 18.3. The summed E-state index contributed by atoms with van der Waals surface area (Å²) in [5, 5.41) is 19.5. The molecule has 2 rings (SSSR count). The van der Waals surface area contributed by atoms with E-state index in [9.17, 15) is 10.2 Å². The number of aromatic hydroxyl groups is 2. The predicted octanol–water partition coefficient (Wildman–Crippen LogP) is 5.57. The first-order valence-corrected chi connectivity index (χ1v) is 8.56. The van der Waals surface area contributed by atoms with Gasteiger partial charge in [-0.1, -0.05) is 29.4 Å². The van der Waals surface area contributed by atoms with Crippen molar-refractivity contribution in [2.45, 2.75) is 52.6 Å². The lowest BCUT2D eigenvalue weighted by atomic mass is 10.0. The molecule has 1 unspecified atom stereocenters. The summed E-state index contributed by atoms with van der Waals surface area (Å²) in [6, 6.07) is 4.57. The maximum absolute atomic E-state index is 9.93. The van der Waals surface area contributed by atoms with Crippen molar-refractivity contribution in [2.24, 2.45) is 0 Å². The van der Waals surface area contributed by atoms with Crippen LogP contribution in [0.15, 0.2) is 53.1 Å². The van der Waals surface area contributed by atoms with Crippen LogP contribution in [0.25, 0.3) is 0 Å². The molecule has 1 heterocycles. The SMILES string of the molecule is CC(C)=CCC/C(C)=C/C/C=C1\COC(c2cc(O)ccc2O)C1. The Morgan fingerprint density at radius 1 is 1.21 bits per heavy atom. The van der Waals surface area contributed by atoms with E-state index in [0.29, 0.717) is 12.2 Å². The number of hydrogen-bond donors (Lipinski definition) is 2. The lowest BCUT2D eigenvalue weighted by Gasteiger charge is -2.11. The molecule has 0 aromatic heterocycles. The summed E-state index contributed by atoms with van der Waals surface area (Å²) in [7, 11) is 0.